The Balaban J connectivity index is 0.00000196. The van der Waals surface area contributed by atoms with Crippen molar-refractivity contribution in [1.29, 1.82) is 0 Å². The van der Waals surface area contributed by atoms with Gasteiger partial charge in [-0.15, -0.1) is 24.8 Å². The van der Waals surface area contributed by atoms with Gasteiger partial charge in [-0.1, -0.05) is 30.3 Å². The highest BCUT2D eigenvalue weighted by Gasteiger charge is 2.41. The summed E-state index contributed by atoms with van der Waals surface area (Å²) in [6.45, 7) is 8.60. The van der Waals surface area contributed by atoms with Crippen molar-refractivity contribution >= 4 is 30.7 Å². The van der Waals surface area contributed by atoms with Crippen LogP contribution in [0.2, 0.25) is 0 Å². The monoisotopic (exact) mass is 431 g/mol. The summed E-state index contributed by atoms with van der Waals surface area (Å²) in [6, 6.07) is 10.6. The first-order chi connectivity index (χ1) is 12.7. The van der Waals surface area contributed by atoms with E-state index < -0.39 is 5.41 Å². The van der Waals surface area contributed by atoms with Crippen molar-refractivity contribution in [3.63, 3.8) is 0 Å². The van der Waals surface area contributed by atoms with Crippen LogP contribution in [-0.4, -0.2) is 61.6 Å². The largest absolute Gasteiger partial charge is 0.381 e. The minimum absolute atomic E-state index is 0. The third-order valence-electron chi connectivity index (χ3n) is 6.06. The highest BCUT2D eigenvalue weighted by atomic mass is 35.5. The molecule has 160 valence electrons. The quantitative estimate of drug-likeness (QED) is 0.720. The molecule has 2 saturated heterocycles. The number of ether oxygens (including phenoxy) is 1. The van der Waals surface area contributed by atoms with E-state index >= 15 is 0 Å². The van der Waals surface area contributed by atoms with E-state index in [4.69, 9.17) is 10.5 Å². The molecule has 2 heterocycles. The lowest BCUT2D eigenvalue weighted by molar-refractivity contribution is -0.147. The second kappa shape index (κ2) is 12.0. The SMILES string of the molecule is CCN(CC1CCN(Cc2ccccc2)C1)C(=O)C1(CN)CCOCC1.Cl.Cl. The summed E-state index contributed by atoms with van der Waals surface area (Å²) in [5.41, 5.74) is 6.99. The summed E-state index contributed by atoms with van der Waals surface area (Å²) in [5.74, 6) is 0.796. The van der Waals surface area contributed by atoms with Crippen LogP contribution in [0.4, 0.5) is 0 Å². The number of halogens is 2. The summed E-state index contributed by atoms with van der Waals surface area (Å²) < 4.78 is 5.46. The van der Waals surface area contributed by atoms with Crippen molar-refractivity contribution in [1.82, 2.24) is 9.80 Å². The predicted octanol–water partition coefficient (Wildman–Crippen LogP) is 2.96. The molecule has 0 spiro atoms. The van der Waals surface area contributed by atoms with Gasteiger partial charge in [0.25, 0.3) is 0 Å². The Kier molecular flexibility index (Phi) is 10.8. The summed E-state index contributed by atoms with van der Waals surface area (Å²) in [4.78, 5) is 17.8. The van der Waals surface area contributed by atoms with Crippen molar-refractivity contribution in [3.05, 3.63) is 35.9 Å². The molecule has 1 aromatic carbocycles. The van der Waals surface area contributed by atoms with Gasteiger partial charge in [0.1, 0.15) is 0 Å². The zero-order valence-electron chi connectivity index (χ0n) is 16.8. The average Bonchev–Trinajstić information content (AvgIpc) is 3.13. The van der Waals surface area contributed by atoms with Crippen molar-refractivity contribution < 1.29 is 9.53 Å². The summed E-state index contributed by atoms with van der Waals surface area (Å²) in [5, 5.41) is 0. The number of hydrogen-bond donors (Lipinski definition) is 1. The Morgan fingerprint density at radius 1 is 1.25 bits per heavy atom. The maximum absolute atomic E-state index is 13.2. The molecule has 0 saturated carbocycles. The lowest BCUT2D eigenvalue weighted by atomic mass is 9.78. The van der Waals surface area contributed by atoms with E-state index in [1.54, 1.807) is 0 Å². The maximum Gasteiger partial charge on any atom is 0.230 e. The Morgan fingerprint density at radius 3 is 2.54 bits per heavy atom. The molecule has 2 aliphatic heterocycles. The standard InChI is InChI=1S/C21H33N3O2.2ClH/c1-2-24(20(25)21(17-22)9-12-26-13-10-21)16-19-8-11-23(15-19)14-18-6-4-3-5-7-18;;/h3-7,19H,2,8-17,22H2,1H3;2*1H. The van der Waals surface area contributed by atoms with E-state index in [1.165, 1.54) is 5.56 Å². The molecule has 7 heteroatoms. The molecule has 2 aliphatic rings. The lowest BCUT2D eigenvalue weighted by Gasteiger charge is -2.39. The van der Waals surface area contributed by atoms with Gasteiger partial charge in [-0.25, -0.2) is 0 Å². The van der Waals surface area contributed by atoms with E-state index in [2.05, 4.69) is 47.1 Å². The zero-order chi connectivity index (χ0) is 18.4. The van der Waals surface area contributed by atoms with Gasteiger partial charge in [0.2, 0.25) is 5.91 Å². The van der Waals surface area contributed by atoms with Crippen molar-refractivity contribution in [2.45, 2.75) is 32.7 Å². The van der Waals surface area contributed by atoms with Gasteiger partial charge in [-0.05, 0) is 44.2 Å². The van der Waals surface area contributed by atoms with Crippen LogP contribution in [0.1, 0.15) is 31.7 Å². The molecule has 2 N–H and O–H groups in total. The second-order valence-corrected chi connectivity index (χ2v) is 7.82. The lowest BCUT2D eigenvalue weighted by Crippen LogP contribution is -2.52. The van der Waals surface area contributed by atoms with Gasteiger partial charge < -0.3 is 15.4 Å². The van der Waals surface area contributed by atoms with E-state index in [1.807, 2.05) is 0 Å². The fourth-order valence-electron chi connectivity index (χ4n) is 4.32. The normalized spacial score (nSPS) is 21.4. The molecule has 0 aromatic heterocycles. The van der Waals surface area contributed by atoms with Crippen LogP contribution < -0.4 is 5.73 Å². The van der Waals surface area contributed by atoms with Crippen LogP contribution in [0.15, 0.2) is 30.3 Å². The first-order valence-corrected chi connectivity index (χ1v) is 10.0. The van der Waals surface area contributed by atoms with Gasteiger partial charge in [0, 0.05) is 45.9 Å². The number of hydrogen-bond acceptors (Lipinski definition) is 4. The fraction of sp³-hybridized carbons (Fsp3) is 0.667. The Bertz CT molecular complexity index is 582. The van der Waals surface area contributed by atoms with Crippen LogP contribution in [0.5, 0.6) is 0 Å². The molecule has 5 nitrogen and oxygen atoms in total. The second-order valence-electron chi connectivity index (χ2n) is 7.82. The molecule has 1 aromatic rings. The van der Waals surface area contributed by atoms with Gasteiger partial charge in [-0.3, -0.25) is 9.69 Å². The summed E-state index contributed by atoms with van der Waals surface area (Å²) >= 11 is 0. The molecule has 1 unspecified atom stereocenters. The van der Waals surface area contributed by atoms with Crippen molar-refractivity contribution in [2.75, 3.05) is 45.9 Å². The molecule has 1 atom stereocenters. The third-order valence-corrected chi connectivity index (χ3v) is 6.06. The maximum atomic E-state index is 13.2. The van der Waals surface area contributed by atoms with Crippen LogP contribution in [0.25, 0.3) is 0 Å². The van der Waals surface area contributed by atoms with E-state index in [9.17, 15) is 4.79 Å². The van der Waals surface area contributed by atoms with E-state index in [-0.39, 0.29) is 30.7 Å². The Labute approximate surface area is 181 Å². The number of benzene rings is 1. The van der Waals surface area contributed by atoms with Crippen LogP contribution in [-0.2, 0) is 16.1 Å². The number of carbonyl (C=O) groups excluding carboxylic acids is 1. The number of amides is 1. The van der Waals surface area contributed by atoms with Gasteiger partial charge in [0.15, 0.2) is 0 Å². The molecule has 3 rings (SSSR count). The molecule has 0 aliphatic carbocycles. The Morgan fingerprint density at radius 2 is 1.93 bits per heavy atom. The summed E-state index contributed by atoms with van der Waals surface area (Å²) in [7, 11) is 0. The minimum Gasteiger partial charge on any atom is -0.381 e. The number of rotatable bonds is 7. The van der Waals surface area contributed by atoms with Gasteiger partial charge in [0.05, 0.1) is 5.41 Å². The zero-order valence-corrected chi connectivity index (χ0v) is 18.5. The molecule has 1 amide bonds. The summed E-state index contributed by atoms with van der Waals surface area (Å²) in [6.07, 6.45) is 2.67. The van der Waals surface area contributed by atoms with E-state index in [0.29, 0.717) is 25.7 Å². The molecule has 0 bridgehead atoms. The van der Waals surface area contributed by atoms with Gasteiger partial charge in [-0.2, -0.15) is 0 Å². The highest BCUT2D eigenvalue weighted by Crippen LogP contribution is 2.32. The van der Waals surface area contributed by atoms with Crippen molar-refractivity contribution in [2.24, 2.45) is 17.1 Å². The number of likely N-dealkylation sites (tertiary alicyclic amines) is 1. The first-order valence-electron chi connectivity index (χ1n) is 10.0. The van der Waals surface area contributed by atoms with Crippen molar-refractivity contribution in [3.8, 4) is 0 Å². The van der Waals surface area contributed by atoms with Crippen LogP contribution in [0.3, 0.4) is 0 Å². The first kappa shape index (κ1) is 25.2. The fourth-order valence-corrected chi connectivity index (χ4v) is 4.32. The number of carbonyl (C=O) groups is 1. The van der Waals surface area contributed by atoms with Crippen LogP contribution in [0, 0.1) is 11.3 Å². The minimum atomic E-state index is -0.406. The number of nitrogens with two attached hydrogens (primary N) is 1. The Hall–Kier alpha value is -0.850. The van der Waals surface area contributed by atoms with Crippen LogP contribution >= 0.6 is 24.8 Å². The van der Waals surface area contributed by atoms with Gasteiger partial charge >= 0.3 is 0 Å². The predicted molar refractivity (Wildman–Crippen MR) is 118 cm³/mol. The van der Waals surface area contributed by atoms with E-state index in [0.717, 1.165) is 52.0 Å². The molecule has 2 fully saturated rings. The third kappa shape index (κ3) is 6.07. The smallest absolute Gasteiger partial charge is 0.230 e. The molecular formula is C21H35Cl2N3O2. The highest BCUT2D eigenvalue weighted by molar-refractivity contribution is 5.85. The molecular weight excluding hydrogens is 397 g/mol. The average molecular weight is 432 g/mol. The topological polar surface area (TPSA) is 58.8 Å². The number of nitrogens with zero attached hydrogens (tertiary/aromatic N) is 2. The molecule has 28 heavy (non-hydrogen) atoms. The molecule has 0 radical (unpaired) electrons.